The maximum Gasteiger partial charge on any atom is 0.416 e. The van der Waals surface area contributed by atoms with Gasteiger partial charge in [0.25, 0.3) is 0 Å². The zero-order chi connectivity index (χ0) is 19.0. The molecule has 0 saturated carbocycles. The van der Waals surface area contributed by atoms with Gasteiger partial charge in [-0.1, -0.05) is 6.92 Å². The molecule has 0 fully saturated rings. The van der Waals surface area contributed by atoms with Crippen LogP contribution in [0.15, 0.2) is 18.2 Å². The number of hydrogen-bond acceptors (Lipinski definition) is 3. The van der Waals surface area contributed by atoms with Crippen LogP contribution in [0, 0.1) is 0 Å². The Kier molecular flexibility index (Phi) is 9.31. The van der Waals surface area contributed by atoms with Gasteiger partial charge in [0.15, 0.2) is 0 Å². The highest BCUT2D eigenvalue weighted by atomic mass is 19.4. The van der Waals surface area contributed by atoms with Gasteiger partial charge in [-0.05, 0) is 37.1 Å². The van der Waals surface area contributed by atoms with Crippen LogP contribution >= 0.6 is 0 Å². The van der Waals surface area contributed by atoms with E-state index in [2.05, 4.69) is 12.2 Å². The fraction of sp³-hybridized carbons (Fsp3) is 0.600. The van der Waals surface area contributed by atoms with Gasteiger partial charge in [-0.3, -0.25) is 0 Å². The van der Waals surface area contributed by atoms with Crippen LogP contribution in [0.2, 0.25) is 0 Å². The van der Waals surface area contributed by atoms with Crippen LogP contribution in [-0.4, -0.2) is 19.1 Å². The molecular weight excluding hydrogens is 336 g/mol. The molecule has 3 nitrogen and oxygen atoms in total. The number of rotatable bonds is 5. The van der Waals surface area contributed by atoms with Gasteiger partial charge in [-0.15, -0.1) is 0 Å². The average Bonchev–Trinajstić information content (AvgIpc) is 2.46. The molecule has 1 unspecified atom stereocenters. The Morgan fingerprint density at radius 3 is 1.71 bits per heavy atom. The summed E-state index contributed by atoms with van der Waals surface area (Å²) >= 11 is 0. The molecule has 0 heterocycles. The molecule has 140 valence electrons. The molecule has 0 aromatic heterocycles. The summed E-state index contributed by atoms with van der Waals surface area (Å²) in [5, 5.41) is 2.65. The molecule has 0 aliphatic rings. The Morgan fingerprint density at radius 2 is 1.42 bits per heavy atom. The Morgan fingerprint density at radius 1 is 1.00 bits per heavy atom. The lowest BCUT2D eigenvalue weighted by molar-refractivity contribution is -0.143. The van der Waals surface area contributed by atoms with E-state index in [9.17, 15) is 26.3 Å². The summed E-state index contributed by atoms with van der Waals surface area (Å²) in [4.78, 5) is 0. The quantitative estimate of drug-likeness (QED) is 0.557. The molecule has 1 rings (SSSR count). The Hall–Kier alpha value is -1.32. The molecule has 9 heteroatoms. The van der Waals surface area contributed by atoms with Gasteiger partial charge in [-0.25, -0.2) is 0 Å². The normalized spacial score (nSPS) is 13.2. The predicted octanol–water partition coefficient (Wildman–Crippen LogP) is 3.52. The Labute approximate surface area is 137 Å². The first-order valence-electron chi connectivity index (χ1n) is 7.36. The monoisotopic (exact) mass is 359 g/mol. The minimum Gasteiger partial charge on any atom is -0.329 e. The van der Waals surface area contributed by atoms with Crippen molar-refractivity contribution in [3.8, 4) is 0 Å². The Bertz CT molecular complexity index is 451. The molecule has 1 aromatic carbocycles. The van der Waals surface area contributed by atoms with Crippen molar-refractivity contribution in [1.29, 1.82) is 0 Å². The van der Waals surface area contributed by atoms with Crippen molar-refractivity contribution in [3.05, 3.63) is 34.9 Å². The summed E-state index contributed by atoms with van der Waals surface area (Å²) in [6.45, 7) is 4.51. The van der Waals surface area contributed by atoms with Crippen LogP contribution in [0.25, 0.3) is 0 Å². The van der Waals surface area contributed by atoms with Gasteiger partial charge in [-0.2, -0.15) is 26.3 Å². The van der Waals surface area contributed by atoms with E-state index in [1.807, 2.05) is 6.92 Å². The molecular formula is C15H23F6N3. The molecule has 0 radical (unpaired) electrons. The lowest BCUT2D eigenvalue weighted by atomic mass is 10.0. The largest absolute Gasteiger partial charge is 0.416 e. The first-order chi connectivity index (χ1) is 10.9. The van der Waals surface area contributed by atoms with Crippen molar-refractivity contribution in [2.45, 2.75) is 45.2 Å². The molecule has 0 bridgehead atoms. The first-order valence-corrected chi connectivity index (χ1v) is 7.36. The van der Waals surface area contributed by atoms with E-state index in [0.717, 1.165) is 6.42 Å². The second-order valence-electron chi connectivity index (χ2n) is 5.27. The zero-order valence-electron chi connectivity index (χ0n) is 13.6. The van der Waals surface area contributed by atoms with Gasteiger partial charge in [0.1, 0.15) is 0 Å². The molecule has 0 amide bonds. The SMILES string of the molecule is CCC(C)N.NCCNCc1cc(C(F)(F)F)cc(C(F)(F)F)c1. The lowest BCUT2D eigenvalue weighted by Crippen LogP contribution is -2.22. The predicted molar refractivity (Wildman–Crippen MR) is 81.1 cm³/mol. The second-order valence-corrected chi connectivity index (χ2v) is 5.27. The van der Waals surface area contributed by atoms with Crippen molar-refractivity contribution in [3.63, 3.8) is 0 Å². The van der Waals surface area contributed by atoms with Crippen LogP contribution in [0.3, 0.4) is 0 Å². The van der Waals surface area contributed by atoms with Crippen LogP contribution in [0.5, 0.6) is 0 Å². The fourth-order valence-electron chi connectivity index (χ4n) is 1.46. The number of alkyl halides is 6. The number of hydrogen-bond donors (Lipinski definition) is 3. The third kappa shape index (κ3) is 9.09. The molecule has 0 aliphatic heterocycles. The topological polar surface area (TPSA) is 64.1 Å². The minimum absolute atomic E-state index is 0.0874. The van der Waals surface area contributed by atoms with Crippen molar-refractivity contribution < 1.29 is 26.3 Å². The minimum atomic E-state index is -4.82. The van der Waals surface area contributed by atoms with Crippen LogP contribution in [0.4, 0.5) is 26.3 Å². The van der Waals surface area contributed by atoms with E-state index in [1.165, 1.54) is 0 Å². The lowest BCUT2D eigenvalue weighted by Gasteiger charge is -2.14. The molecule has 0 spiro atoms. The molecule has 0 aliphatic carbocycles. The Balaban J connectivity index is 0.000000922. The second kappa shape index (κ2) is 9.85. The first kappa shape index (κ1) is 22.7. The number of nitrogens with one attached hydrogen (secondary N) is 1. The average molecular weight is 359 g/mol. The number of halogens is 6. The molecule has 0 saturated heterocycles. The molecule has 1 atom stereocenters. The van der Waals surface area contributed by atoms with Crippen molar-refractivity contribution in [2.24, 2.45) is 11.5 Å². The molecule has 1 aromatic rings. The standard InChI is InChI=1S/C11H12F6N2.C4H11N/c12-10(13,14)8-3-7(6-19-2-1-18)4-9(5-8)11(15,16)17;1-3-4(2)5/h3-5,19H,1-2,6,18H2;4H,3,5H2,1-2H3. The van der Waals surface area contributed by atoms with Crippen LogP contribution in [-0.2, 0) is 18.9 Å². The molecule has 5 N–H and O–H groups in total. The smallest absolute Gasteiger partial charge is 0.329 e. The van der Waals surface area contributed by atoms with E-state index in [0.29, 0.717) is 24.7 Å². The summed E-state index contributed by atoms with van der Waals surface area (Å²) in [7, 11) is 0. The third-order valence-corrected chi connectivity index (χ3v) is 2.94. The highest BCUT2D eigenvalue weighted by molar-refractivity contribution is 5.33. The highest BCUT2D eigenvalue weighted by Crippen LogP contribution is 2.36. The van der Waals surface area contributed by atoms with Crippen molar-refractivity contribution in [1.82, 2.24) is 5.32 Å². The van der Waals surface area contributed by atoms with Crippen molar-refractivity contribution in [2.75, 3.05) is 13.1 Å². The van der Waals surface area contributed by atoms with Crippen LogP contribution < -0.4 is 16.8 Å². The van der Waals surface area contributed by atoms with Gasteiger partial charge in [0.2, 0.25) is 0 Å². The van der Waals surface area contributed by atoms with Gasteiger partial charge < -0.3 is 16.8 Å². The van der Waals surface area contributed by atoms with E-state index in [-0.39, 0.29) is 24.7 Å². The third-order valence-electron chi connectivity index (χ3n) is 2.94. The van der Waals surface area contributed by atoms with Crippen LogP contribution in [0.1, 0.15) is 37.0 Å². The summed E-state index contributed by atoms with van der Waals surface area (Å²) in [6, 6.07) is 1.87. The summed E-state index contributed by atoms with van der Waals surface area (Å²) in [6.07, 6.45) is -8.55. The van der Waals surface area contributed by atoms with E-state index in [4.69, 9.17) is 11.5 Å². The van der Waals surface area contributed by atoms with Gasteiger partial charge >= 0.3 is 12.4 Å². The van der Waals surface area contributed by atoms with Crippen molar-refractivity contribution >= 4 is 0 Å². The summed E-state index contributed by atoms with van der Waals surface area (Å²) in [5.74, 6) is 0. The maximum atomic E-state index is 12.5. The number of nitrogens with two attached hydrogens (primary N) is 2. The summed E-state index contributed by atoms with van der Waals surface area (Å²) < 4.78 is 75.1. The number of benzene rings is 1. The fourth-order valence-corrected chi connectivity index (χ4v) is 1.46. The van der Waals surface area contributed by atoms with E-state index >= 15 is 0 Å². The summed E-state index contributed by atoms with van der Waals surface area (Å²) in [5.41, 5.74) is 7.75. The van der Waals surface area contributed by atoms with Gasteiger partial charge in [0, 0.05) is 25.7 Å². The maximum absolute atomic E-state index is 12.5. The van der Waals surface area contributed by atoms with E-state index in [1.54, 1.807) is 0 Å². The zero-order valence-corrected chi connectivity index (χ0v) is 13.6. The highest BCUT2D eigenvalue weighted by Gasteiger charge is 2.36. The molecule has 24 heavy (non-hydrogen) atoms. The van der Waals surface area contributed by atoms with E-state index < -0.39 is 23.5 Å². The van der Waals surface area contributed by atoms with Gasteiger partial charge in [0.05, 0.1) is 11.1 Å².